The van der Waals surface area contributed by atoms with Gasteiger partial charge in [-0.3, -0.25) is 9.59 Å². The lowest BCUT2D eigenvalue weighted by atomic mass is 9.92. The Labute approximate surface area is 164 Å². The fourth-order valence-electron chi connectivity index (χ4n) is 2.71. The maximum atomic E-state index is 12.6. The largest absolute Gasteiger partial charge is 0.502 e. The number of carbonyl (C=O) groups excluding carboxylic acids is 1. The molecule has 0 bridgehead atoms. The van der Waals surface area contributed by atoms with Gasteiger partial charge < -0.3 is 28.8 Å². The molecule has 1 aromatic heterocycles. The van der Waals surface area contributed by atoms with Crippen LogP contribution in [0.25, 0.3) is 0 Å². The van der Waals surface area contributed by atoms with Crippen LogP contribution in [0.5, 0.6) is 17.2 Å². The van der Waals surface area contributed by atoms with Crippen molar-refractivity contribution in [3.8, 4) is 17.2 Å². The topological polar surface area (TPSA) is 115 Å². The van der Waals surface area contributed by atoms with Gasteiger partial charge in [-0.2, -0.15) is 8.78 Å². The molecule has 0 aliphatic rings. The van der Waals surface area contributed by atoms with Crippen LogP contribution in [-0.2, 0) is 16.1 Å². The third kappa shape index (κ3) is 5.44. The summed E-state index contributed by atoms with van der Waals surface area (Å²) < 4.78 is 44.9. The number of halogens is 2. The van der Waals surface area contributed by atoms with Crippen LogP contribution in [0.4, 0.5) is 8.78 Å². The van der Waals surface area contributed by atoms with E-state index in [-0.39, 0.29) is 36.0 Å². The van der Waals surface area contributed by atoms with Gasteiger partial charge in [-0.1, -0.05) is 6.07 Å². The predicted molar refractivity (Wildman–Crippen MR) is 95.3 cm³/mol. The number of methoxy groups -OCH3 is 1. The molecule has 0 amide bonds. The van der Waals surface area contributed by atoms with Crippen molar-refractivity contribution in [1.29, 1.82) is 0 Å². The first-order valence-electron chi connectivity index (χ1n) is 8.55. The van der Waals surface area contributed by atoms with E-state index >= 15 is 0 Å². The Balaban J connectivity index is 2.59. The lowest BCUT2D eigenvalue weighted by Gasteiger charge is -2.19. The van der Waals surface area contributed by atoms with Gasteiger partial charge in [-0.15, -0.1) is 0 Å². The van der Waals surface area contributed by atoms with Crippen LogP contribution in [0.3, 0.4) is 0 Å². The summed E-state index contributed by atoms with van der Waals surface area (Å²) in [5.74, 6) is -3.12. The van der Waals surface area contributed by atoms with Crippen molar-refractivity contribution in [2.45, 2.75) is 32.5 Å². The van der Waals surface area contributed by atoms with E-state index in [1.807, 2.05) is 0 Å². The molecular weight excluding hydrogens is 394 g/mol. The van der Waals surface area contributed by atoms with Gasteiger partial charge in [0, 0.05) is 6.07 Å². The van der Waals surface area contributed by atoms with Gasteiger partial charge in [0.15, 0.2) is 17.3 Å². The number of carbonyl (C=O) groups is 1. The third-order valence-electron chi connectivity index (χ3n) is 3.95. The van der Waals surface area contributed by atoms with Gasteiger partial charge in [0.1, 0.15) is 12.4 Å². The normalized spacial score (nSPS) is 11.9. The molecule has 158 valence electrons. The first-order valence-corrected chi connectivity index (χ1v) is 8.55. The number of hydrogen-bond acceptors (Lipinski definition) is 8. The van der Waals surface area contributed by atoms with E-state index in [0.29, 0.717) is 5.56 Å². The quantitative estimate of drug-likeness (QED) is 0.602. The van der Waals surface area contributed by atoms with Crippen LogP contribution in [0.15, 0.2) is 33.5 Å². The smallest absolute Gasteiger partial charge is 0.387 e. The number of esters is 1. The van der Waals surface area contributed by atoms with Crippen LogP contribution >= 0.6 is 0 Å². The minimum absolute atomic E-state index is 0.0585. The lowest BCUT2D eigenvalue weighted by Crippen LogP contribution is -2.15. The van der Waals surface area contributed by atoms with E-state index in [2.05, 4.69) is 4.74 Å². The lowest BCUT2D eigenvalue weighted by molar-refractivity contribution is -0.143. The van der Waals surface area contributed by atoms with Crippen molar-refractivity contribution in [2.75, 3.05) is 13.7 Å². The Morgan fingerprint density at radius 2 is 1.97 bits per heavy atom. The molecule has 2 rings (SSSR count). The average Bonchev–Trinajstić information content (AvgIpc) is 2.68. The standard InChI is InChI=1S/C19H20F2O8/c1-3-27-16(24)8-12(18-17(25)13(23)7-11(9-22)28-18)10-4-5-14(29-19(20)21)15(6-10)26-2/h4-7,12,19,22,25H,3,8-9H2,1-2H3/t12-/m1/s1. The number of benzene rings is 1. The molecule has 0 unspecified atom stereocenters. The van der Waals surface area contributed by atoms with Crippen LogP contribution in [-0.4, -0.2) is 36.5 Å². The van der Waals surface area contributed by atoms with Crippen LogP contribution < -0.4 is 14.9 Å². The summed E-state index contributed by atoms with van der Waals surface area (Å²) >= 11 is 0. The SMILES string of the molecule is CCOC(=O)C[C@H](c1ccc(OC(F)F)c(OC)c1)c1oc(CO)cc(=O)c1O. The van der Waals surface area contributed by atoms with Gasteiger partial charge in [0.05, 0.1) is 26.1 Å². The second-order valence-electron chi connectivity index (χ2n) is 5.80. The minimum Gasteiger partial charge on any atom is -0.502 e. The van der Waals surface area contributed by atoms with E-state index in [0.717, 1.165) is 6.07 Å². The van der Waals surface area contributed by atoms with Crippen LogP contribution in [0.1, 0.15) is 36.3 Å². The molecule has 29 heavy (non-hydrogen) atoms. The molecule has 0 spiro atoms. The summed E-state index contributed by atoms with van der Waals surface area (Å²) in [5, 5.41) is 19.5. The number of ether oxygens (including phenoxy) is 3. The Kier molecular flexibility index (Phi) is 7.54. The average molecular weight is 414 g/mol. The van der Waals surface area contributed by atoms with Crippen molar-refractivity contribution >= 4 is 5.97 Å². The van der Waals surface area contributed by atoms with Crippen LogP contribution in [0.2, 0.25) is 0 Å². The van der Waals surface area contributed by atoms with Crippen molar-refractivity contribution in [1.82, 2.24) is 0 Å². The molecule has 0 radical (unpaired) electrons. The van der Waals surface area contributed by atoms with Crippen molar-refractivity contribution in [3.63, 3.8) is 0 Å². The highest BCUT2D eigenvalue weighted by molar-refractivity contribution is 5.71. The van der Waals surface area contributed by atoms with Gasteiger partial charge in [0.2, 0.25) is 11.2 Å². The Hall–Kier alpha value is -3.14. The molecule has 1 aromatic carbocycles. The van der Waals surface area contributed by atoms with Gasteiger partial charge in [-0.25, -0.2) is 0 Å². The van der Waals surface area contributed by atoms with E-state index in [1.165, 1.54) is 25.3 Å². The number of aromatic hydroxyl groups is 1. The first-order chi connectivity index (χ1) is 13.8. The second kappa shape index (κ2) is 9.87. The molecule has 1 heterocycles. The zero-order valence-corrected chi connectivity index (χ0v) is 15.7. The van der Waals surface area contributed by atoms with Gasteiger partial charge in [-0.05, 0) is 24.6 Å². The molecule has 2 aromatic rings. The maximum Gasteiger partial charge on any atom is 0.387 e. The second-order valence-corrected chi connectivity index (χ2v) is 5.80. The van der Waals surface area contributed by atoms with E-state index in [4.69, 9.17) is 13.9 Å². The molecule has 2 N–H and O–H groups in total. The molecule has 0 aliphatic carbocycles. The molecule has 0 aliphatic heterocycles. The van der Waals surface area contributed by atoms with E-state index in [9.17, 15) is 28.6 Å². The van der Waals surface area contributed by atoms with E-state index in [1.54, 1.807) is 6.92 Å². The minimum atomic E-state index is -3.08. The Morgan fingerprint density at radius 1 is 1.24 bits per heavy atom. The third-order valence-corrected chi connectivity index (χ3v) is 3.95. The zero-order valence-electron chi connectivity index (χ0n) is 15.7. The highest BCUT2D eigenvalue weighted by atomic mass is 19.3. The number of aliphatic hydroxyl groups excluding tert-OH is 1. The summed E-state index contributed by atoms with van der Waals surface area (Å²) in [7, 11) is 1.24. The maximum absolute atomic E-state index is 12.6. The monoisotopic (exact) mass is 414 g/mol. The predicted octanol–water partition coefficient (Wildman–Crippen LogP) is 2.53. The van der Waals surface area contributed by atoms with Gasteiger partial charge >= 0.3 is 12.6 Å². The summed E-state index contributed by atoms with van der Waals surface area (Å²) in [6.07, 6.45) is -0.336. The zero-order chi connectivity index (χ0) is 21.6. The number of aliphatic hydroxyl groups is 1. The van der Waals surface area contributed by atoms with Crippen molar-refractivity contribution in [3.05, 3.63) is 51.6 Å². The fraction of sp³-hybridized carbons (Fsp3) is 0.368. The molecule has 10 heteroatoms. The number of hydrogen-bond donors (Lipinski definition) is 2. The molecular formula is C19H20F2O8. The molecule has 0 saturated heterocycles. The number of rotatable bonds is 9. The summed E-state index contributed by atoms with van der Waals surface area (Å²) in [5.41, 5.74) is -0.515. The highest BCUT2D eigenvalue weighted by Gasteiger charge is 2.28. The van der Waals surface area contributed by atoms with Crippen molar-refractivity contribution < 1.29 is 42.4 Å². The molecule has 0 saturated carbocycles. The number of alkyl halides is 2. The van der Waals surface area contributed by atoms with Gasteiger partial charge in [0.25, 0.3) is 0 Å². The highest BCUT2D eigenvalue weighted by Crippen LogP contribution is 2.38. The summed E-state index contributed by atoms with van der Waals surface area (Å²) in [6, 6.07) is 4.78. The van der Waals surface area contributed by atoms with Crippen LogP contribution in [0, 0.1) is 0 Å². The molecule has 1 atom stereocenters. The Morgan fingerprint density at radius 3 is 2.55 bits per heavy atom. The first kappa shape index (κ1) is 22.2. The molecule has 8 nitrogen and oxygen atoms in total. The summed E-state index contributed by atoms with van der Waals surface area (Å²) in [4.78, 5) is 24.1. The van der Waals surface area contributed by atoms with E-state index < -0.39 is 36.3 Å². The summed E-state index contributed by atoms with van der Waals surface area (Å²) in [6.45, 7) is -1.98. The fourth-order valence-corrected chi connectivity index (χ4v) is 2.71. The Bertz CT molecular complexity index is 910. The molecule has 0 fully saturated rings. The van der Waals surface area contributed by atoms with Crippen molar-refractivity contribution in [2.24, 2.45) is 0 Å².